The highest BCUT2D eigenvalue weighted by atomic mass is 16.5. The molecule has 27 heavy (non-hydrogen) atoms. The third-order valence-corrected chi connectivity index (χ3v) is 4.08. The maximum Gasteiger partial charge on any atom is 0.259 e. The van der Waals surface area contributed by atoms with Crippen LogP contribution in [0.15, 0.2) is 65.8 Å². The maximum absolute atomic E-state index is 12.0. The van der Waals surface area contributed by atoms with Gasteiger partial charge in [-0.15, -0.1) is 0 Å². The fourth-order valence-corrected chi connectivity index (χ4v) is 2.69. The summed E-state index contributed by atoms with van der Waals surface area (Å²) < 4.78 is 10.5. The molecule has 0 aromatic heterocycles. The number of nitrogens with zero attached hydrogens (tertiary/aromatic N) is 1. The van der Waals surface area contributed by atoms with Crippen LogP contribution in [0.25, 0.3) is 10.8 Å². The monoisotopic (exact) mass is 363 g/mol. The number of hydrogen-bond donors (Lipinski definition) is 2. The van der Waals surface area contributed by atoms with Crippen molar-refractivity contribution in [3.8, 4) is 11.5 Å². The first-order valence-corrected chi connectivity index (χ1v) is 8.47. The normalized spacial score (nSPS) is 10.7. The van der Waals surface area contributed by atoms with Crippen molar-refractivity contribution in [1.82, 2.24) is 5.43 Å². The number of anilines is 1. The van der Waals surface area contributed by atoms with Crippen molar-refractivity contribution in [2.45, 2.75) is 0 Å². The Labute approximate surface area is 157 Å². The topological polar surface area (TPSA) is 72.0 Å². The van der Waals surface area contributed by atoms with E-state index in [1.54, 1.807) is 20.4 Å². The Morgan fingerprint density at radius 1 is 1.00 bits per heavy atom. The van der Waals surface area contributed by atoms with E-state index in [1.165, 1.54) is 0 Å². The standard InChI is InChI=1S/C21H21N3O3/c1-26-17-10-8-16(9-11-17)22-14-21(25)24-23-13-19-18-6-4-3-5-15(18)7-12-20(19)27-2/h3-13,22H,14H2,1-2H3,(H,24,25)/b23-13-. The molecule has 3 rings (SSSR count). The van der Waals surface area contributed by atoms with E-state index in [-0.39, 0.29) is 12.5 Å². The van der Waals surface area contributed by atoms with E-state index < -0.39 is 0 Å². The van der Waals surface area contributed by atoms with Crippen LogP contribution in [-0.2, 0) is 4.79 Å². The first-order valence-electron chi connectivity index (χ1n) is 8.47. The van der Waals surface area contributed by atoms with Gasteiger partial charge in [-0.05, 0) is 41.1 Å². The molecule has 0 unspecified atom stereocenters. The van der Waals surface area contributed by atoms with Crippen LogP contribution in [0.2, 0.25) is 0 Å². The van der Waals surface area contributed by atoms with E-state index in [9.17, 15) is 4.79 Å². The number of carbonyl (C=O) groups is 1. The lowest BCUT2D eigenvalue weighted by Gasteiger charge is -2.09. The Balaban J connectivity index is 1.63. The van der Waals surface area contributed by atoms with E-state index in [2.05, 4.69) is 15.8 Å². The van der Waals surface area contributed by atoms with Gasteiger partial charge in [0, 0.05) is 11.3 Å². The zero-order chi connectivity index (χ0) is 19.1. The van der Waals surface area contributed by atoms with Crippen molar-refractivity contribution < 1.29 is 14.3 Å². The van der Waals surface area contributed by atoms with Gasteiger partial charge < -0.3 is 14.8 Å². The van der Waals surface area contributed by atoms with E-state index >= 15 is 0 Å². The second-order valence-corrected chi connectivity index (χ2v) is 5.78. The Morgan fingerprint density at radius 3 is 2.52 bits per heavy atom. The number of amides is 1. The molecule has 3 aromatic rings. The SMILES string of the molecule is COc1ccc(NCC(=O)N/N=C\c2c(OC)ccc3ccccc23)cc1. The number of hydrogen-bond acceptors (Lipinski definition) is 5. The number of ether oxygens (including phenoxy) is 2. The molecular weight excluding hydrogens is 342 g/mol. The van der Waals surface area contributed by atoms with Crippen molar-refractivity contribution in [2.24, 2.45) is 5.10 Å². The summed E-state index contributed by atoms with van der Waals surface area (Å²) in [5.74, 6) is 1.21. The van der Waals surface area contributed by atoms with Gasteiger partial charge in [0.15, 0.2) is 0 Å². The predicted octanol–water partition coefficient (Wildman–Crippen LogP) is 3.42. The molecule has 0 aliphatic heterocycles. The van der Waals surface area contributed by atoms with Gasteiger partial charge in [-0.3, -0.25) is 4.79 Å². The van der Waals surface area contributed by atoms with Gasteiger partial charge in [-0.2, -0.15) is 5.10 Å². The zero-order valence-electron chi connectivity index (χ0n) is 15.2. The van der Waals surface area contributed by atoms with Crippen LogP contribution in [0.5, 0.6) is 11.5 Å². The molecular formula is C21H21N3O3. The molecule has 0 aliphatic rings. The van der Waals surface area contributed by atoms with E-state index in [1.807, 2.05) is 60.7 Å². The summed E-state index contributed by atoms with van der Waals surface area (Å²) in [5.41, 5.74) is 4.17. The minimum atomic E-state index is -0.249. The summed E-state index contributed by atoms with van der Waals surface area (Å²) in [4.78, 5) is 12.0. The number of hydrazone groups is 1. The molecule has 3 aromatic carbocycles. The molecule has 0 saturated carbocycles. The summed E-state index contributed by atoms with van der Waals surface area (Å²) in [5, 5.41) is 9.19. The molecule has 2 N–H and O–H groups in total. The van der Waals surface area contributed by atoms with E-state index in [0.29, 0.717) is 5.75 Å². The largest absolute Gasteiger partial charge is 0.497 e. The van der Waals surface area contributed by atoms with Crippen molar-refractivity contribution in [3.05, 3.63) is 66.2 Å². The minimum absolute atomic E-state index is 0.107. The van der Waals surface area contributed by atoms with Gasteiger partial charge in [0.05, 0.1) is 27.0 Å². The van der Waals surface area contributed by atoms with E-state index in [4.69, 9.17) is 9.47 Å². The Bertz CT molecular complexity index is 953. The smallest absolute Gasteiger partial charge is 0.259 e. The summed E-state index contributed by atoms with van der Waals surface area (Å²) in [6, 6.07) is 19.2. The summed E-state index contributed by atoms with van der Waals surface area (Å²) in [6.45, 7) is 0.107. The lowest BCUT2D eigenvalue weighted by molar-refractivity contribution is -0.119. The Kier molecular flexibility index (Phi) is 5.89. The van der Waals surface area contributed by atoms with E-state index in [0.717, 1.165) is 27.8 Å². The van der Waals surface area contributed by atoms with Gasteiger partial charge >= 0.3 is 0 Å². The number of benzene rings is 3. The molecule has 0 bridgehead atoms. The lowest BCUT2D eigenvalue weighted by Crippen LogP contribution is -2.25. The number of carbonyl (C=O) groups excluding carboxylic acids is 1. The Hall–Kier alpha value is -3.54. The third kappa shape index (κ3) is 4.55. The van der Waals surface area contributed by atoms with Crippen LogP contribution < -0.4 is 20.2 Å². The summed E-state index contributed by atoms with van der Waals surface area (Å²) >= 11 is 0. The fraction of sp³-hybridized carbons (Fsp3) is 0.143. The van der Waals surface area contributed by atoms with Crippen LogP contribution in [0.1, 0.15) is 5.56 Å². The number of fused-ring (bicyclic) bond motifs is 1. The van der Waals surface area contributed by atoms with Gasteiger partial charge in [-0.1, -0.05) is 30.3 Å². The average Bonchev–Trinajstić information content (AvgIpc) is 2.72. The van der Waals surface area contributed by atoms with Crippen LogP contribution >= 0.6 is 0 Å². The average molecular weight is 363 g/mol. The van der Waals surface area contributed by atoms with Crippen LogP contribution in [-0.4, -0.2) is 32.9 Å². The van der Waals surface area contributed by atoms with Crippen molar-refractivity contribution in [1.29, 1.82) is 0 Å². The molecule has 0 saturated heterocycles. The highest BCUT2D eigenvalue weighted by Crippen LogP contribution is 2.26. The van der Waals surface area contributed by atoms with Crippen LogP contribution in [0.4, 0.5) is 5.69 Å². The summed E-state index contributed by atoms with van der Waals surface area (Å²) in [7, 11) is 3.22. The molecule has 0 atom stereocenters. The maximum atomic E-state index is 12.0. The molecule has 138 valence electrons. The first-order chi connectivity index (χ1) is 13.2. The first kappa shape index (κ1) is 18.3. The van der Waals surface area contributed by atoms with Crippen LogP contribution in [0.3, 0.4) is 0 Å². The molecule has 0 heterocycles. The second-order valence-electron chi connectivity index (χ2n) is 5.78. The van der Waals surface area contributed by atoms with Crippen molar-refractivity contribution >= 4 is 28.6 Å². The van der Waals surface area contributed by atoms with Crippen LogP contribution in [0, 0.1) is 0 Å². The highest BCUT2D eigenvalue weighted by Gasteiger charge is 2.06. The second kappa shape index (κ2) is 8.71. The van der Waals surface area contributed by atoms with Gasteiger partial charge in [0.2, 0.25) is 0 Å². The predicted molar refractivity (Wildman–Crippen MR) is 108 cm³/mol. The molecule has 6 nitrogen and oxygen atoms in total. The quantitative estimate of drug-likeness (QED) is 0.498. The zero-order valence-corrected chi connectivity index (χ0v) is 15.2. The lowest BCUT2D eigenvalue weighted by atomic mass is 10.0. The summed E-state index contributed by atoms with van der Waals surface area (Å²) in [6.07, 6.45) is 1.60. The molecule has 1 amide bonds. The Morgan fingerprint density at radius 2 is 1.78 bits per heavy atom. The number of methoxy groups -OCH3 is 2. The molecule has 0 aliphatic carbocycles. The number of nitrogens with one attached hydrogen (secondary N) is 2. The number of rotatable bonds is 7. The minimum Gasteiger partial charge on any atom is -0.497 e. The molecule has 6 heteroatoms. The molecule has 0 spiro atoms. The van der Waals surface area contributed by atoms with Gasteiger partial charge in [-0.25, -0.2) is 5.43 Å². The van der Waals surface area contributed by atoms with Gasteiger partial charge in [0.1, 0.15) is 11.5 Å². The molecule has 0 fully saturated rings. The van der Waals surface area contributed by atoms with Crippen molar-refractivity contribution in [3.63, 3.8) is 0 Å². The van der Waals surface area contributed by atoms with Crippen molar-refractivity contribution in [2.75, 3.05) is 26.1 Å². The molecule has 0 radical (unpaired) electrons. The fourth-order valence-electron chi connectivity index (χ4n) is 2.69. The third-order valence-electron chi connectivity index (χ3n) is 4.08. The highest BCUT2D eigenvalue weighted by molar-refractivity contribution is 6.02. The van der Waals surface area contributed by atoms with Gasteiger partial charge in [0.25, 0.3) is 5.91 Å².